The van der Waals surface area contributed by atoms with Crippen LogP contribution in [0, 0.1) is 0 Å². The first-order valence-corrected chi connectivity index (χ1v) is 6.89. The molecule has 1 aromatic rings. The van der Waals surface area contributed by atoms with Gasteiger partial charge in [-0.3, -0.25) is 9.59 Å². The summed E-state index contributed by atoms with van der Waals surface area (Å²) < 4.78 is 0. The molecule has 2 rings (SSSR count). The van der Waals surface area contributed by atoms with Gasteiger partial charge < -0.3 is 15.5 Å². The molecule has 1 heterocycles. The number of benzene rings is 1. The number of fused-ring (bicyclic) bond motifs is 1. The summed E-state index contributed by atoms with van der Waals surface area (Å²) in [4.78, 5) is 25.3. The van der Waals surface area contributed by atoms with Crippen LogP contribution in [0.1, 0.15) is 29.8 Å². The minimum Gasteiger partial charge on any atom is -0.350 e. The summed E-state index contributed by atoms with van der Waals surface area (Å²) in [5.41, 5.74) is 2.64. The Morgan fingerprint density at radius 1 is 1.40 bits per heavy atom. The predicted octanol–water partition coefficient (Wildman–Crippen LogP) is 0.933. The Labute approximate surface area is 119 Å². The van der Waals surface area contributed by atoms with Crippen molar-refractivity contribution in [1.29, 1.82) is 0 Å². The van der Waals surface area contributed by atoms with E-state index in [0.29, 0.717) is 18.7 Å². The highest BCUT2D eigenvalue weighted by atomic mass is 16.2. The van der Waals surface area contributed by atoms with Crippen LogP contribution in [0.15, 0.2) is 18.2 Å². The normalized spacial score (nSPS) is 14.8. The average molecular weight is 275 g/mol. The molecule has 0 fully saturated rings. The Morgan fingerprint density at radius 3 is 2.80 bits per heavy atom. The summed E-state index contributed by atoms with van der Waals surface area (Å²) in [6.45, 7) is 4.86. The highest BCUT2D eigenvalue weighted by molar-refractivity contribution is 5.97. The molecule has 0 saturated carbocycles. The Kier molecular flexibility index (Phi) is 4.39. The van der Waals surface area contributed by atoms with Crippen LogP contribution in [0.2, 0.25) is 0 Å². The van der Waals surface area contributed by atoms with Gasteiger partial charge in [0.1, 0.15) is 0 Å². The lowest BCUT2D eigenvalue weighted by atomic mass is 10.1. The van der Waals surface area contributed by atoms with Gasteiger partial charge in [0.15, 0.2) is 0 Å². The maximum absolute atomic E-state index is 12.1. The maximum atomic E-state index is 12.1. The first-order chi connectivity index (χ1) is 9.52. The van der Waals surface area contributed by atoms with E-state index in [-0.39, 0.29) is 17.9 Å². The van der Waals surface area contributed by atoms with Crippen molar-refractivity contribution < 1.29 is 9.59 Å². The molecule has 0 aliphatic carbocycles. The van der Waals surface area contributed by atoms with E-state index in [0.717, 1.165) is 17.7 Å². The fraction of sp³-hybridized carbons (Fsp3) is 0.467. The second kappa shape index (κ2) is 6.05. The first-order valence-electron chi connectivity index (χ1n) is 6.89. The summed E-state index contributed by atoms with van der Waals surface area (Å²) in [6.07, 6.45) is 0.808. The van der Waals surface area contributed by atoms with Crippen LogP contribution in [0.5, 0.6) is 0 Å². The molecular weight excluding hydrogens is 254 g/mol. The topological polar surface area (TPSA) is 61.4 Å². The number of anilines is 1. The van der Waals surface area contributed by atoms with Gasteiger partial charge in [-0.1, -0.05) is 0 Å². The van der Waals surface area contributed by atoms with Crippen LogP contribution in [0.4, 0.5) is 5.69 Å². The van der Waals surface area contributed by atoms with Crippen molar-refractivity contribution in [3.63, 3.8) is 0 Å². The molecule has 108 valence electrons. The predicted molar refractivity (Wildman–Crippen MR) is 79.0 cm³/mol. The van der Waals surface area contributed by atoms with E-state index in [9.17, 15) is 9.59 Å². The molecule has 0 saturated heterocycles. The van der Waals surface area contributed by atoms with Gasteiger partial charge >= 0.3 is 0 Å². The van der Waals surface area contributed by atoms with Crippen molar-refractivity contribution in [2.75, 3.05) is 25.0 Å². The number of rotatable bonds is 4. The van der Waals surface area contributed by atoms with Gasteiger partial charge in [-0.15, -0.1) is 0 Å². The van der Waals surface area contributed by atoms with E-state index in [1.165, 1.54) is 0 Å². The molecule has 0 radical (unpaired) electrons. The van der Waals surface area contributed by atoms with Crippen LogP contribution < -0.4 is 15.5 Å². The molecule has 0 aromatic heterocycles. The van der Waals surface area contributed by atoms with Crippen LogP contribution >= 0.6 is 0 Å². The van der Waals surface area contributed by atoms with Gasteiger partial charge in [0.2, 0.25) is 5.91 Å². The number of amides is 2. The quantitative estimate of drug-likeness (QED) is 0.859. The highest BCUT2D eigenvalue weighted by Crippen LogP contribution is 2.28. The van der Waals surface area contributed by atoms with Crippen LogP contribution in [0.3, 0.4) is 0 Å². The number of nitrogens with zero attached hydrogens (tertiary/aromatic N) is 1. The summed E-state index contributed by atoms with van der Waals surface area (Å²) in [5.74, 6) is -0.0278. The number of carbonyl (C=O) groups is 2. The molecule has 1 atom stereocenters. The standard InChI is InChI=1S/C15H21N3O2/c1-10(16-3)9-17-15(20)13-4-5-14-12(8-13)6-7-18(14)11(2)19/h4-5,8,10,16H,6-7,9H2,1-3H3,(H,17,20). The molecule has 5 nitrogen and oxygen atoms in total. The van der Waals surface area contributed by atoms with Crippen molar-refractivity contribution >= 4 is 17.5 Å². The largest absolute Gasteiger partial charge is 0.350 e. The molecule has 1 aliphatic heterocycles. The van der Waals surface area contributed by atoms with Crippen molar-refractivity contribution in [3.05, 3.63) is 29.3 Å². The fourth-order valence-electron chi connectivity index (χ4n) is 2.32. The fourth-order valence-corrected chi connectivity index (χ4v) is 2.32. The number of hydrogen-bond donors (Lipinski definition) is 2. The van der Waals surface area contributed by atoms with Crippen molar-refractivity contribution in [3.8, 4) is 0 Å². The Hall–Kier alpha value is -1.88. The maximum Gasteiger partial charge on any atom is 0.251 e. The van der Waals surface area contributed by atoms with E-state index >= 15 is 0 Å². The molecule has 2 N–H and O–H groups in total. The SMILES string of the molecule is CNC(C)CNC(=O)c1ccc2c(c1)CCN2C(C)=O. The van der Waals surface area contributed by atoms with Gasteiger partial charge in [0, 0.05) is 37.3 Å². The highest BCUT2D eigenvalue weighted by Gasteiger charge is 2.23. The lowest BCUT2D eigenvalue weighted by molar-refractivity contribution is -0.116. The van der Waals surface area contributed by atoms with E-state index < -0.39 is 0 Å². The van der Waals surface area contributed by atoms with Crippen LogP contribution in [-0.4, -0.2) is 38.0 Å². The monoisotopic (exact) mass is 275 g/mol. The van der Waals surface area contributed by atoms with Crippen molar-refractivity contribution in [2.24, 2.45) is 0 Å². The second-order valence-corrected chi connectivity index (χ2v) is 5.16. The minimum absolute atomic E-state index is 0.0452. The lowest BCUT2D eigenvalue weighted by Crippen LogP contribution is -2.37. The molecule has 1 aromatic carbocycles. The Bertz CT molecular complexity index is 528. The summed E-state index contributed by atoms with van der Waals surface area (Å²) >= 11 is 0. The molecule has 0 spiro atoms. The van der Waals surface area contributed by atoms with E-state index in [2.05, 4.69) is 10.6 Å². The third kappa shape index (κ3) is 2.99. The molecule has 2 amide bonds. The number of carbonyl (C=O) groups excluding carboxylic acids is 2. The first kappa shape index (κ1) is 14.5. The third-order valence-electron chi connectivity index (χ3n) is 3.68. The zero-order valence-corrected chi connectivity index (χ0v) is 12.2. The second-order valence-electron chi connectivity index (χ2n) is 5.16. The number of likely N-dealkylation sites (N-methyl/N-ethyl adjacent to an activating group) is 1. The van der Waals surface area contributed by atoms with Crippen LogP contribution in [-0.2, 0) is 11.2 Å². The molecular formula is C15H21N3O2. The summed E-state index contributed by atoms with van der Waals surface area (Å²) in [5, 5.41) is 5.97. The molecule has 20 heavy (non-hydrogen) atoms. The van der Waals surface area contributed by atoms with E-state index in [4.69, 9.17) is 0 Å². The smallest absolute Gasteiger partial charge is 0.251 e. The number of nitrogens with one attached hydrogen (secondary N) is 2. The van der Waals surface area contributed by atoms with Crippen LogP contribution in [0.25, 0.3) is 0 Å². The lowest BCUT2D eigenvalue weighted by Gasteiger charge is -2.15. The Balaban J connectivity index is 2.09. The number of hydrogen-bond acceptors (Lipinski definition) is 3. The minimum atomic E-state index is -0.0730. The zero-order valence-electron chi connectivity index (χ0n) is 12.2. The van der Waals surface area contributed by atoms with Crippen molar-refractivity contribution in [2.45, 2.75) is 26.3 Å². The molecule has 0 bridgehead atoms. The Morgan fingerprint density at radius 2 is 2.15 bits per heavy atom. The van der Waals surface area contributed by atoms with Gasteiger partial charge in [-0.05, 0) is 44.2 Å². The van der Waals surface area contributed by atoms with Gasteiger partial charge in [0.05, 0.1) is 0 Å². The van der Waals surface area contributed by atoms with Gasteiger partial charge in [-0.2, -0.15) is 0 Å². The molecule has 1 aliphatic rings. The molecule has 5 heteroatoms. The van der Waals surface area contributed by atoms with E-state index in [1.54, 1.807) is 17.9 Å². The summed E-state index contributed by atoms with van der Waals surface area (Å²) in [6, 6.07) is 5.76. The van der Waals surface area contributed by atoms with Gasteiger partial charge in [-0.25, -0.2) is 0 Å². The molecule has 1 unspecified atom stereocenters. The van der Waals surface area contributed by atoms with Crippen molar-refractivity contribution in [1.82, 2.24) is 10.6 Å². The average Bonchev–Trinajstić information content (AvgIpc) is 2.87. The van der Waals surface area contributed by atoms with Gasteiger partial charge in [0.25, 0.3) is 5.91 Å². The zero-order chi connectivity index (χ0) is 14.7. The summed E-state index contributed by atoms with van der Waals surface area (Å²) in [7, 11) is 1.86. The van der Waals surface area contributed by atoms with E-state index in [1.807, 2.05) is 26.1 Å². The third-order valence-corrected chi connectivity index (χ3v) is 3.68.